The van der Waals surface area contributed by atoms with Gasteiger partial charge >= 0.3 is 0 Å². The Morgan fingerprint density at radius 1 is 1.04 bits per heavy atom. The largest absolute Gasteiger partial charge is 0.319 e. The van der Waals surface area contributed by atoms with Gasteiger partial charge in [0.1, 0.15) is 5.82 Å². The van der Waals surface area contributed by atoms with Crippen LogP contribution in [0.5, 0.6) is 0 Å². The van der Waals surface area contributed by atoms with Crippen LogP contribution >= 0.6 is 0 Å². The van der Waals surface area contributed by atoms with Crippen LogP contribution in [0, 0.1) is 12.7 Å². The normalized spacial score (nSPS) is 15.9. The zero-order chi connectivity index (χ0) is 19.4. The van der Waals surface area contributed by atoms with E-state index in [-0.39, 0.29) is 16.1 Å². The van der Waals surface area contributed by atoms with Gasteiger partial charge in [0.05, 0.1) is 10.6 Å². The Balaban J connectivity index is 1.89. The molecule has 2 aromatic rings. The number of anilines is 1. The SMILES string of the molecule is Cc1ccc(S(=O)(=O)N2CCCCCC2)cc1C(=O)Nc1ccccc1F. The predicted molar refractivity (Wildman–Crippen MR) is 103 cm³/mol. The highest BCUT2D eigenvalue weighted by atomic mass is 32.2. The molecule has 3 rings (SSSR count). The van der Waals surface area contributed by atoms with Crippen LogP contribution in [0.2, 0.25) is 0 Å². The zero-order valence-corrected chi connectivity index (χ0v) is 16.1. The van der Waals surface area contributed by atoms with E-state index in [4.69, 9.17) is 0 Å². The highest BCUT2D eigenvalue weighted by Gasteiger charge is 2.26. The maximum absolute atomic E-state index is 13.8. The summed E-state index contributed by atoms with van der Waals surface area (Å²) in [5.74, 6) is -1.08. The third kappa shape index (κ3) is 4.36. The van der Waals surface area contributed by atoms with E-state index in [1.54, 1.807) is 19.1 Å². The Bertz CT molecular complexity index is 936. The number of carbonyl (C=O) groups excluding carboxylic acids is 1. The van der Waals surface area contributed by atoms with Gasteiger partial charge in [0.25, 0.3) is 5.91 Å². The highest BCUT2D eigenvalue weighted by Crippen LogP contribution is 2.23. The molecule has 0 bridgehead atoms. The Labute approximate surface area is 159 Å². The van der Waals surface area contributed by atoms with Crippen molar-refractivity contribution in [3.8, 4) is 0 Å². The summed E-state index contributed by atoms with van der Waals surface area (Å²) >= 11 is 0. The maximum Gasteiger partial charge on any atom is 0.256 e. The lowest BCUT2D eigenvalue weighted by molar-refractivity contribution is 0.102. The summed E-state index contributed by atoms with van der Waals surface area (Å²) in [5.41, 5.74) is 0.899. The maximum atomic E-state index is 13.8. The molecule has 2 aromatic carbocycles. The number of carbonyl (C=O) groups is 1. The smallest absolute Gasteiger partial charge is 0.256 e. The van der Waals surface area contributed by atoms with Gasteiger partial charge in [-0.1, -0.05) is 31.0 Å². The average Bonchev–Trinajstić information content (AvgIpc) is 2.94. The molecule has 0 unspecified atom stereocenters. The molecule has 1 amide bonds. The van der Waals surface area contributed by atoms with Crippen molar-refractivity contribution < 1.29 is 17.6 Å². The quantitative estimate of drug-likeness (QED) is 0.860. The van der Waals surface area contributed by atoms with E-state index in [1.165, 1.54) is 34.6 Å². The standard InChI is InChI=1S/C20H23FN2O3S/c1-15-10-11-16(27(25,26)23-12-6-2-3-7-13-23)14-17(15)20(24)22-19-9-5-4-8-18(19)21/h4-5,8-11,14H,2-3,6-7,12-13H2,1H3,(H,22,24). The molecule has 0 radical (unpaired) electrons. The Morgan fingerprint density at radius 2 is 1.70 bits per heavy atom. The molecule has 1 N–H and O–H groups in total. The number of aryl methyl sites for hydroxylation is 1. The van der Waals surface area contributed by atoms with E-state index in [0.717, 1.165) is 25.7 Å². The molecule has 0 aliphatic carbocycles. The number of hydrogen-bond donors (Lipinski definition) is 1. The average molecular weight is 390 g/mol. The molecule has 27 heavy (non-hydrogen) atoms. The van der Waals surface area contributed by atoms with Gasteiger partial charge in [-0.3, -0.25) is 4.79 Å². The molecular formula is C20H23FN2O3S. The van der Waals surface area contributed by atoms with E-state index in [1.807, 2.05) is 0 Å². The molecule has 5 nitrogen and oxygen atoms in total. The lowest BCUT2D eigenvalue weighted by Gasteiger charge is -2.20. The molecule has 0 atom stereocenters. The molecule has 0 spiro atoms. The van der Waals surface area contributed by atoms with E-state index in [9.17, 15) is 17.6 Å². The number of benzene rings is 2. The van der Waals surface area contributed by atoms with Gasteiger partial charge in [0, 0.05) is 18.7 Å². The Kier molecular flexibility index (Phi) is 5.92. The molecule has 1 aliphatic rings. The molecule has 1 heterocycles. The van der Waals surface area contributed by atoms with Gasteiger partial charge < -0.3 is 5.32 Å². The number of amides is 1. The fourth-order valence-electron chi connectivity index (χ4n) is 3.19. The van der Waals surface area contributed by atoms with Gasteiger partial charge in [-0.25, -0.2) is 12.8 Å². The zero-order valence-electron chi connectivity index (χ0n) is 15.2. The van der Waals surface area contributed by atoms with Gasteiger partial charge in [-0.15, -0.1) is 0 Å². The first-order chi connectivity index (χ1) is 12.9. The lowest BCUT2D eigenvalue weighted by atomic mass is 10.1. The predicted octanol–water partition coefficient (Wildman–Crippen LogP) is 3.95. The van der Waals surface area contributed by atoms with E-state index in [0.29, 0.717) is 18.7 Å². The van der Waals surface area contributed by atoms with Crippen LogP contribution in [-0.2, 0) is 10.0 Å². The highest BCUT2D eigenvalue weighted by molar-refractivity contribution is 7.89. The van der Waals surface area contributed by atoms with Crippen LogP contribution < -0.4 is 5.32 Å². The van der Waals surface area contributed by atoms with Crippen LogP contribution in [0.25, 0.3) is 0 Å². The molecule has 1 aliphatic heterocycles. The number of para-hydroxylation sites is 1. The van der Waals surface area contributed by atoms with Crippen LogP contribution in [0.1, 0.15) is 41.6 Å². The number of rotatable bonds is 4. The van der Waals surface area contributed by atoms with Crippen molar-refractivity contribution in [2.75, 3.05) is 18.4 Å². The summed E-state index contributed by atoms with van der Waals surface area (Å²) in [7, 11) is -3.66. The summed E-state index contributed by atoms with van der Waals surface area (Å²) < 4.78 is 41.2. The summed E-state index contributed by atoms with van der Waals surface area (Å²) in [5, 5.41) is 2.51. The second-order valence-corrected chi connectivity index (χ2v) is 8.67. The minimum atomic E-state index is -3.66. The van der Waals surface area contributed by atoms with Gasteiger partial charge in [0.15, 0.2) is 0 Å². The molecule has 0 saturated carbocycles. The van der Waals surface area contributed by atoms with Gasteiger partial charge in [-0.05, 0) is 49.6 Å². The number of nitrogens with one attached hydrogen (secondary N) is 1. The van der Waals surface area contributed by atoms with Gasteiger partial charge in [0.2, 0.25) is 10.0 Å². The second-order valence-electron chi connectivity index (χ2n) is 6.73. The van der Waals surface area contributed by atoms with Gasteiger partial charge in [-0.2, -0.15) is 4.31 Å². The van der Waals surface area contributed by atoms with Crippen molar-refractivity contribution in [2.24, 2.45) is 0 Å². The summed E-state index contributed by atoms with van der Waals surface area (Å²) in [6.07, 6.45) is 3.73. The first-order valence-electron chi connectivity index (χ1n) is 9.06. The van der Waals surface area contributed by atoms with E-state index < -0.39 is 21.7 Å². The summed E-state index contributed by atoms with van der Waals surface area (Å²) in [4.78, 5) is 12.7. The molecular weight excluding hydrogens is 367 g/mol. The van der Waals surface area contributed by atoms with Crippen LogP contribution in [0.3, 0.4) is 0 Å². The van der Waals surface area contributed by atoms with Crippen LogP contribution in [0.4, 0.5) is 10.1 Å². The third-order valence-electron chi connectivity index (χ3n) is 4.78. The molecule has 144 valence electrons. The van der Waals surface area contributed by atoms with Crippen molar-refractivity contribution in [2.45, 2.75) is 37.5 Å². The Hall–Kier alpha value is -2.25. The minimum absolute atomic E-state index is 0.0580. The third-order valence-corrected chi connectivity index (χ3v) is 6.67. The van der Waals surface area contributed by atoms with Crippen molar-refractivity contribution in [1.29, 1.82) is 0 Å². The first-order valence-corrected chi connectivity index (χ1v) is 10.5. The monoisotopic (exact) mass is 390 g/mol. The summed E-state index contributed by atoms with van der Waals surface area (Å²) in [6, 6.07) is 10.4. The lowest BCUT2D eigenvalue weighted by Crippen LogP contribution is -2.32. The molecule has 0 aromatic heterocycles. The van der Waals surface area contributed by atoms with E-state index in [2.05, 4.69) is 5.32 Å². The topological polar surface area (TPSA) is 66.5 Å². The second kappa shape index (κ2) is 8.19. The first kappa shape index (κ1) is 19.5. The minimum Gasteiger partial charge on any atom is -0.319 e. The molecule has 1 fully saturated rings. The molecule has 1 saturated heterocycles. The van der Waals surface area contributed by atoms with Crippen LogP contribution in [0.15, 0.2) is 47.4 Å². The Morgan fingerprint density at radius 3 is 2.37 bits per heavy atom. The summed E-state index contributed by atoms with van der Waals surface area (Å²) in [6.45, 7) is 2.71. The fraction of sp³-hybridized carbons (Fsp3) is 0.350. The fourth-order valence-corrected chi connectivity index (χ4v) is 4.73. The number of halogens is 1. The van der Waals surface area contributed by atoms with Crippen molar-refractivity contribution >= 4 is 21.6 Å². The van der Waals surface area contributed by atoms with Crippen molar-refractivity contribution in [3.05, 3.63) is 59.4 Å². The number of hydrogen-bond acceptors (Lipinski definition) is 3. The van der Waals surface area contributed by atoms with Crippen LogP contribution in [-0.4, -0.2) is 31.7 Å². The molecule has 7 heteroatoms. The van der Waals surface area contributed by atoms with E-state index >= 15 is 0 Å². The number of sulfonamides is 1. The number of nitrogens with zero attached hydrogens (tertiary/aromatic N) is 1. The van der Waals surface area contributed by atoms with Crippen molar-refractivity contribution in [3.63, 3.8) is 0 Å². The van der Waals surface area contributed by atoms with Crippen molar-refractivity contribution in [1.82, 2.24) is 4.31 Å².